The number of rotatable bonds is 9. The smallest absolute Gasteiger partial charge is 0.243 e. The number of pyridine rings is 1. The largest absolute Gasteiger partial charge is 0.496 e. The van der Waals surface area contributed by atoms with Crippen molar-refractivity contribution < 1.29 is 22.7 Å². The topological polar surface area (TPSA) is 97.8 Å². The third kappa shape index (κ3) is 6.45. The van der Waals surface area contributed by atoms with Gasteiger partial charge in [-0.05, 0) is 72.0 Å². The molecule has 0 bridgehead atoms. The highest BCUT2D eigenvalue weighted by atomic mass is 32.2. The molecule has 0 atom stereocenters. The number of aromatic nitrogens is 1. The second-order valence-corrected chi connectivity index (χ2v) is 10.2. The summed E-state index contributed by atoms with van der Waals surface area (Å²) in [6.45, 7) is 1.42. The minimum atomic E-state index is -3.63. The van der Waals surface area contributed by atoms with E-state index in [2.05, 4.69) is 10.3 Å². The number of morpholine rings is 1. The maximum atomic E-state index is 13.0. The molecule has 0 spiro atoms. The van der Waals surface area contributed by atoms with Gasteiger partial charge in [0.1, 0.15) is 5.75 Å². The van der Waals surface area contributed by atoms with Crippen molar-refractivity contribution in [1.82, 2.24) is 9.29 Å². The lowest BCUT2D eigenvalue weighted by Gasteiger charge is -2.26. The van der Waals surface area contributed by atoms with E-state index < -0.39 is 10.0 Å². The van der Waals surface area contributed by atoms with E-state index in [1.165, 1.54) is 17.0 Å². The summed E-state index contributed by atoms with van der Waals surface area (Å²) in [6.07, 6.45) is 4.87. The van der Waals surface area contributed by atoms with Crippen molar-refractivity contribution in [2.45, 2.75) is 24.2 Å². The van der Waals surface area contributed by atoms with Crippen molar-refractivity contribution in [2.75, 3.05) is 38.7 Å². The minimum Gasteiger partial charge on any atom is -0.496 e. The Bertz CT molecular complexity index is 1240. The van der Waals surface area contributed by atoms with Crippen molar-refractivity contribution in [2.24, 2.45) is 0 Å². The van der Waals surface area contributed by atoms with Gasteiger partial charge in [-0.1, -0.05) is 12.1 Å². The number of methoxy groups -OCH3 is 1. The lowest BCUT2D eigenvalue weighted by Crippen LogP contribution is -2.40. The molecule has 1 fully saturated rings. The first-order chi connectivity index (χ1) is 17.0. The molecule has 8 nitrogen and oxygen atoms in total. The van der Waals surface area contributed by atoms with Crippen LogP contribution in [0.15, 0.2) is 71.9 Å². The second kappa shape index (κ2) is 11.4. The van der Waals surface area contributed by atoms with Crippen molar-refractivity contribution >= 4 is 21.6 Å². The standard InChI is InChI=1S/C26H29N3O5S/c1-33-25-8-7-24(35(31,32)29-14-16-34-17-15-29)19-22(25)4-9-26(30)28-23-5-2-20(3-6-23)18-21-10-12-27-13-11-21/h2-3,5-8,10-13,19H,4,9,14-18H2,1H3,(H,28,30). The molecule has 1 aliphatic heterocycles. The molecule has 0 aliphatic carbocycles. The lowest BCUT2D eigenvalue weighted by atomic mass is 10.1. The Kier molecular flexibility index (Phi) is 8.12. The van der Waals surface area contributed by atoms with Crippen molar-refractivity contribution in [3.63, 3.8) is 0 Å². The van der Waals surface area contributed by atoms with Gasteiger partial charge >= 0.3 is 0 Å². The minimum absolute atomic E-state index is 0.157. The highest BCUT2D eigenvalue weighted by Gasteiger charge is 2.27. The molecule has 35 heavy (non-hydrogen) atoms. The average molecular weight is 496 g/mol. The number of nitrogens with zero attached hydrogens (tertiary/aromatic N) is 2. The summed E-state index contributed by atoms with van der Waals surface area (Å²) in [6, 6.07) is 16.5. The van der Waals surface area contributed by atoms with Gasteiger partial charge in [-0.25, -0.2) is 8.42 Å². The molecular weight excluding hydrogens is 466 g/mol. The number of carbonyl (C=O) groups is 1. The number of aryl methyl sites for hydroxylation is 1. The van der Waals surface area contributed by atoms with Crippen LogP contribution in [0.2, 0.25) is 0 Å². The van der Waals surface area contributed by atoms with Gasteiger partial charge < -0.3 is 14.8 Å². The summed E-state index contributed by atoms with van der Waals surface area (Å²) in [5.41, 5.74) is 3.69. The molecule has 1 amide bonds. The Morgan fingerprint density at radius 2 is 1.71 bits per heavy atom. The van der Waals surface area contributed by atoms with Gasteiger partial charge in [-0.15, -0.1) is 0 Å². The lowest BCUT2D eigenvalue weighted by molar-refractivity contribution is -0.116. The Labute approximate surface area is 206 Å². The number of hydrogen-bond donors (Lipinski definition) is 1. The first-order valence-electron chi connectivity index (χ1n) is 11.5. The van der Waals surface area contributed by atoms with Crippen molar-refractivity contribution in [3.05, 3.63) is 83.7 Å². The Morgan fingerprint density at radius 3 is 2.40 bits per heavy atom. The molecular formula is C26H29N3O5S. The summed E-state index contributed by atoms with van der Waals surface area (Å²) < 4.78 is 38.1. The molecule has 0 saturated carbocycles. The SMILES string of the molecule is COc1ccc(S(=O)(=O)N2CCOCC2)cc1CCC(=O)Nc1ccc(Cc2ccncc2)cc1. The number of amides is 1. The Morgan fingerprint density at radius 1 is 1.03 bits per heavy atom. The molecule has 2 heterocycles. The monoisotopic (exact) mass is 495 g/mol. The molecule has 1 saturated heterocycles. The Balaban J connectivity index is 1.37. The molecule has 1 aliphatic rings. The zero-order valence-electron chi connectivity index (χ0n) is 19.6. The van der Waals surface area contributed by atoms with Gasteiger partial charge in [-0.3, -0.25) is 9.78 Å². The molecule has 0 unspecified atom stereocenters. The first-order valence-corrected chi connectivity index (χ1v) is 12.9. The summed E-state index contributed by atoms with van der Waals surface area (Å²) in [5, 5.41) is 2.91. The van der Waals surface area contributed by atoms with Crippen molar-refractivity contribution in [1.29, 1.82) is 0 Å². The fourth-order valence-corrected chi connectivity index (χ4v) is 5.42. The quantitative estimate of drug-likeness (QED) is 0.489. The highest BCUT2D eigenvalue weighted by Crippen LogP contribution is 2.26. The number of nitrogens with one attached hydrogen (secondary N) is 1. The third-order valence-electron chi connectivity index (χ3n) is 5.88. The number of carbonyl (C=O) groups excluding carboxylic acids is 1. The number of sulfonamides is 1. The van der Waals surface area contributed by atoms with Crippen LogP contribution in [-0.2, 0) is 32.4 Å². The summed E-state index contributed by atoms with van der Waals surface area (Å²) in [4.78, 5) is 16.8. The van der Waals surface area contributed by atoms with E-state index in [4.69, 9.17) is 9.47 Å². The predicted molar refractivity (Wildman–Crippen MR) is 133 cm³/mol. The summed E-state index contributed by atoms with van der Waals surface area (Å²) in [5.74, 6) is 0.398. The van der Waals surface area contributed by atoms with E-state index >= 15 is 0 Å². The van der Waals surface area contributed by atoms with Gasteiger partial charge in [0.05, 0.1) is 25.2 Å². The zero-order valence-corrected chi connectivity index (χ0v) is 20.5. The average Bonchev–Trinajstić information content (AvgIpc) is 2.89. The van der Waals surface area contributed by atoms with Crippen LogP contribution in [0.1, 0.15) is 23.1 Å². The fourth-order valence-electron chi connectivity index (χ4n) is 3.96. The van der Waals surface area contributed by atoms with Crippen LogP contribution in [0.4, 0.5) is 5.69 Å². The third-order valence-corrected chi connectivity index (χ3v) is 7.77. The Hall–Kier alpha value is -3.27. The highest BCUT2D eigenvalue weighted by molar-refractivity contribution is 7.89. The fraction of sp³-hybridized carbons (Fsp3) is 0.308. The maximum absolute atomic E-state index is 13.0. The van der Waals surface area contributed by atoms with Gasteiger partial charge in [-0.2, -0.15) is 4.31 Å². The van der Waals surface area contributed by atoms with Gasteiger partial charge in [0.2, 0.25) is 15.9 Å². The van der Waals surface area contributed by atoms with Crippen molar-refractivity contribution in [3.8, 4) is 5.75 Å². The van der Waals surface area contributed by atoms with E-state index in [0.29, 0.717) is 49.7 Å². The number of benzene rings is 2. The van der Waals surface area contributed by atoms with E-state index in [9.17, 15) is 13.2 Å². The van der Waals surface area contributed by atoms with Crippen LogP contribution < -0.4 is 10.1 Å². The second-order valence-electron chi connectivity index (χ2n) is 8.27. The summed E-state index contributed by atoms with van der Waals surface area (Å²) >= 11 is 0. The van der Waals surface area contributed by atoms with Gasteiger partial charge in [0.15, 0.2) is 0 Å². The molecule has 9 heteroatoms. The van der Waals surface area contributed by atoms with Crippen LogP contribution in [0.25, 0.3) is 0 Å². The number of ether oxygens (including phenoxy) is 2. The number of hydrogen-bond acceptors (Lipinski definition) is 6. The van der Waals surface area contributed by atoms with Crippen LogP contribution in [0.3, 0.4) is 0 Å². The molecule has 184 valence electrons. The van der Waals surface area contributed by atoms with E-state index in [0.717, 1.165) is 12.0 Å². The molecule has 2 aromatic carbocycles. The van der Waals surface area contributed by atoms with Crippen LogP contribution in [0, 0.1) is 0 Å². The predicted octanol–water partition coefficient (Wildman–Crippen LogP) is 3.27. The number of anilines is 1. The molecule has 4 rings (SSSR count). The normalized spacial score (nSPS) is 14.4. The molecule has 1 N–H and O–H groups in total. The molecule has 3 aromatic rings. The van der Waals surface area contributed by atoms with Crippen LogP contribution in [0.5, 0.6) is 5.75 Å². The van der Waals surface area contributed by atoms with E-state index in [1.54, 1.807) is 30.6 Å². The first kappa shape index (κ1) is 24.8. The van der Waals surface area contributed by atoms with Gasteiger partial charge in [0.25, 0.3) is 0 Å². The van der Waals surface area contributed by atoms with E-state index in [-0.39, 0.29) is 17.2 Å². The van der Waals surface area contributed by atoms with Crippen LogP contribution >= 0.6 is 0 Å². The van der Waals surface area contributed by atoms with E-state index in [1.807, 2.05) is 36.4 Å². The molecule has 0 radical (unpaired) electrons. The molecule has 1 aromatic heterocycles. The maximum Gasteiger partial charge on any atom is 0.243 e. The van der Waals surface area contributed by atoms with Crippen LogP contribution in [-0.4, -0.2) is 57.0 Å². The zero-order chi connectivity index (χ0) is 24.7. The van der Waals surface area contributed by atoms with Gasteiger partial charge in [0, 0.05) is 37.6 Å². The summed E-state index contributed by atoms with van der Waals surface area (Å²) in [7, 11) is -2.10.